The van der Waals surface area contributed by atoms with Gasteiger partial charge in [0.25, 0.3) is 0 Å². The van der Waals surface area contributed by atoms with Crippen molar-refractivity contribution < 1.29 is 0 Å². The number of hydrogen-bond acceptors (Lipinski definition) is 1. The lowest BCUT2D eigenvalue weighted by molar-refractivity contribution is 0.584. The Bertz CT molecular complexity index is 195. The van der Waals surface area contributed by atoms with Gasteiger partial charge < -0.3 is 10.6 Å². The van der Waals surface area contributed by atoms with Gasteiger partial charge in [-0.05, 0) is 25.1 Å². The zero-order valence-corrected chi connectivity index (χ0v) is 13.9. The Morgan fingerprint density at radius 3 is 1.47 bits per heavy atom. The monoisotopic (exact) mass is 286 g/mol. The SMILES string of the molecule is CCCCCCCCCNC(=S)NCCCCCC. The minimum absolute atomic E-state index is 0.836. The van der Waals surface area contributed by atoms with Gasteiger partial charge in [-0.15, -0.1) is 0 Å². The summed E-state index contributed by atoms with van der Waals surface area (Å²) in [6, 6.07) is 0. The number of rotatable bonds is 13. The predicted molar refractivity (Wildman–Crippen MR) is 90.7 cm³/mol. The molecule has 0 spiro atoms. The first-order valence-corrected chi connectivity index (χ1v) is 8.73. The Morgan fingerprint density at radius 2 is 1.00 bits per heavy atom. The van der Waals surface area contributed by atoms with Crippen LogP contribution in [0, 0.1) is 0 Å². The summed E-state index contributed by atoms with van der Waals surface area (Å²) in [4.78, 5) is 0. The maximum absolute atomic E-state index is 5.25. The van der Waals surface area contributed by atoms with Gasteiger partial charge in [0.1, 0.15) is 0 Å². The molecule has 0 aliphatic rings. The second-order valence-electron chi connectivity index (χ2n) is 5.36. The van der Waals surface area contributed by atoms with Crippen LogP contribution in [-0.4, -0.2) is 18.2 Å². The molecule has 0 aliphatic heterocycles. The second-order valence-corrected chi connectivity index (χ2v) is 5.77. The zero-order valence-electron chi connectivity index (χ0n) is 13.1. The van der Waals surface area contributed by atoms with Crippen molar-refractivity contribution in [3.63, 3.8) is 0 Å². The molecule has 19 heavy (non-hydrogen) atoms. The second kappa shape index (κ2) is 15.7. The fourth-order valence-electron chi connectivity index (χ4n) is 2.10. The van der Waals surface area contributed by atoms with Crippen molar-refractivity contribution >= 4 is 17.3 Å². The molecule has 0 aliphatic carbocycles. The number of nitrogens with one attached hydrogen (secondary N) is 2. The highest BCUT2D eigenvalue weighted by Gasteiger charge is 1.95. The van der Waals surface area contributed by atoms with Gasteiger partial charge >= 0.3 is 0 Å². The summed E-state index contributed by atoms with van der Waals surface area (Å²) in [6.07, 6.45) is 14.6. The Balaban J connectivity index is 3.12. The molecule has 0 amide bonds. The number of unbranched alkanes of at least 4 members (excludes halogenated alkanes) is 9. The van der Waals surface area contributed by atoms with Crippen molar-refractivity contribution in [3.8, 4) is 0 Å². The van der Waals surface area contributed by atoms with E-state index in [-0.39, 0.29) is 0 Å². The third-order valence-electron chi connectivity index (χ3n) is 3.38. The molecule has 0 fully saturated rings. The molecular weight excluding hydrogens is 252 g/mol. The van der Waals surface area contributed by atoms with Crippen LogP contribution in [-0.2, 0) is 0 Å². The van der Waals surface area contributed by atoms with E-state index in [4.69, 9.17) is 12.2 Å². The lowest BCUT2D eigenvalue weighted by atomic mass is 10.1. The Kier molecular flexibility index (Phi) is 15.5. The molecule has 0 unspecified atom stereocenters. The molecule has 3 heteroatoms. The standard InChI is InChI=1S/C16H34N2S/c1-3-5-7-9-10-11-13-15-18-16(19)17-14-12-8-6-4-2/h3-15H2,1-2H3,(H2,17,18,19). The summed E-state index contributed by atoms with van der Waals surface area (Å²) in [5.41, 5.74) is 0. The van der Waals surface area contributed by atoms with Crippen LogP contribution in [0.25, 0.3) is 0 Å². The van der Waals surface area contributed by atoms with E-state index in [1.807, 2.05) is 0 Å². The van der Waals surface area contributed by atoms with Crippen molar-refractivity contribution in [2.75, 3.05) is 13.1 Å². The molecule has 0 rings (SSSR count). The maximum atomic E-state index is 5.25. The fourth-order valence-corrected chi connectivity index (χ4v) is 2.30. The van der Waals surface area contributed by atoms with E-state index >= 15 is 0 Å². The number of thiocarbonyl (C=S) groups is 1. The maximum Gasteiger partial charge on any atom is 0.166 e. The van der Waals surface area contributed by atoms with Crippen LogP contribution in [0.4, 0.5) is 0 Å². The van der Waals surface area contributed by atoms with Crippen LogP contribution >= 0.6 is 12.2 Å². The predicted octanol–water partition coefficient (Wildman–Crippen LogP) is 4.78. The van der Waals surface area contributed by atoms with E-state index in [9.17, 15) is 0 Å². The first kappa shape index (κ1) is 18.7. The van der Waals surface area contributed by atoms with E-state index in [1.165, 1.54) is 70.6 Å². The van der Waals surface area contributed by atoms with Crippen LogP contribution in [0.15, 0.2) is 0 Å². The molecule has 0 bridgehead atoms. The molecule has 0 atom stereocenters. The lowest BCUT2D eigenvalue weighted by Crippen LogP contribution is -2.36. The minimum atomic E-state index is 0.836. The average molecular weight is 287 g/mol. The first-order valence-electron chi connectivity index (χ1n) is 8.33. The minimum Gasteiger partial charge on any atom is -0.363 e. The van der Waals surface area contributed by atoms with Crippen molar-refractivity contribution in [2.24, 2.45) is 0 Å². The summed E-state index contributed by atoms with van der Waals surface area (Å²) < 4.78 is 0. The van der Waals surface area contributed by atoms with Gasteiger partial charge in [-0.2, -0.15) is 0 Å². The molecular formula is C16H34N2S. The van der Waals surface area contributed by atoms with E-state index in [0.717, 1.165) is 18.2 Å². The van der Waals surface area contributed by atoms with Crippen LogP contribution in [0.5, 0.6) is 0 Å². The van der Waals surface area contributed by atoms with Crippen LogP contribution in [0.2, 0.25) is 0 Å². The molecule has 0 aromatic heterocycles. The normalized spacial score (nSPS) is 10.4. The smallest absolute Gasteiger partial charge is 0.166 e. The van der Waals surface area contributed by atoms with Gasteiger partial charge in [-0.3, -0.25) is 0 Å². The summed E-state index contributed by atoms with van der Waals surface area (Å²) in [7, 11) is 0. The third kappa shape index (κ3) is 15.6. The Morgan fingerprint density at radius 1 is 0.632 bits per heavy atom. The molecule has 114 valence electrons. The molecule has 0 saturated heterocycles. The highest BCUT2D eigenvalue weighted by molar-refractivity contribution is 7.80. The molecule has 0 aromatic carbocycles. The molecule has 2 N–H and O–H groups in total. The lowest BCUT2D eigenvalue weighted by Gasteiger charge is -2.10. The molecule has 0 radical (unpaired) electrons. The topological polar surface area (TPSA) is 24.1 Å². The van der Waals surface area contributed by atoms with Gasteiger partial charge in [0, 0.05) is 13.1 Å². The highest BCUT2D eigenvalue weighted by atomic mass is 32.1. The molecule has 0 heterocycles. The summed E-state index contributed by atoms with van der Waals surface area (Å²) in [5.74, 6) is 0. The molecule has 2 nitrogen and oxygen atoms in total. The molecule has 0 aromatic rings. The number of hydrogen-bond donors (Lipinski definition) is 2. The van der Waals surface area contributed by atoms with E-state index in [1.54, 1.807) is 0 Å². The molecule has 0 saturated carbocycles. The quantitative estimate of drug-likeness (QED) is 0.376. The van der Waals surface area contributed by atoms with Gasteiger partial charge in [-0.25, -0.2) is 0 Å². The van der Waals surface area contributed by atoms with Crippen molar-refractivity contribution in [3.05, 3.63) is 0 Å². The van der Waals surface area contributed by atoms with E-state index in [2.05, 4.69) is 24.5 Å². The van der Waals surface area contributed by atoms with Crippen LogP contribution in [0.1, 0.15) is 84.5 Å². The highest BCUT2D eigenvalue weighted by Crippen LogP contribution is 2.06. The summed E-state index contributed by atoms with van der Waals surface area (Å²) in [6.45, 7) is 6.54. The van der Waals surface area contributed by atoms with Crippen molar-refractivity contribution in [1.29, 1.82) is 0 Å². The summed E-state index contributed by atoms with van der Waals surface area (Å²) in [5, 5.41) is 7.41. The Hall–Kier alpha value is -0.310. The van der Waals surface area contributed by atoms with Crippen LogP contribution < -0.4 is 10.6 Å². The Labute approximate surface area is 126 Å². The average Bonchev–Trinajstić information content (AvgIpc) is 2.41. The van der Waals surface area contributed by atoms with E-state index < -0.39 is 0 Å². The summed E-state index contributed by atoms with van der Waals surface area (Å²) >= 11 is 5.25. The fraction of sp³-hybridized carbons (Fsp3) is 0.938. The van der Waals surface area contributed by atoms with Crippen LogP contribution in [0.3, 0.4) is 0 Å². The van der Waals surface area contributed by atoms with Gasteiger partial charge in [0.2, 0.25) is 0 Å². The van der Waals surface area contributed by atoms with Crippen molar-refractivity contribution in [1.82, 2.24) is 10.6 Å². The van der Waals surface area contributed by atoms with Gasteiger partial charge in [0.15, 0.2) is 5.11 Å². The van der Waals surface area contributed by atoms with E-state index in [0.29, 0.717) is 0 Å². The zero-order chi connectivity index (χ0) is 14.2. The van der Waals surface area contributed by atoms with Crippen molar-refractivity contribution in [2.45, 2.75) is 84.5 Å². The third-order valence-corrected chi connectivity index (χ3v) is 3.67. The first-order chi connectivity index (χ1) is 9.31. The largest absolute Gasteiger partial charge is 0.363 e. The van der Waals surface area contributed by atoms with Gasteiger partial charge in [0.05, 0.1) is 0 Å². The van der Waals surface area contributed by atoms with Gasteiger partial charge in [-0.1, -0.05) is 71.6 Å².